The molecule has 1 heterocycles. The number of benzene rings is 3. The minimum Gasteiger partial charge on any atom is -0.480 e. The Bertz CT molecular complexity index is 1090. The van der Waals surface area contributed by atoms with Gasteiger partial charge in [0.25, 0.3) is 0 Å². The maximum atomic E-state index is 13.4. The average Bonchev–Trinajstić information content (AvgIpc) is 2.79. The van der Waals surface area contributed by atoms with Gasteiger partial charge in [0.05, 0.1) is 21.4 Å². The summed E-state index contributed by atoms with van der Waals surface area (Å²) in [4.78, 5) is 27.1. The number of β-lactam (4-membered cyclic amide) rings is 1. The molecule has 32 heavy (non-hydrogen) atoms. The monoisotopic (exact) mass is 473 g/mol. The molecular weight excluding hydrogens is 451 g/mol. The van der Waals surface area contributed by atoms with Gasteiger partial charge in [-0.3, -0.25) is 9.59 Å². The van der Waals surface area contributed by atoms with Crippen LogP contribution in [0.1, 0.15) is 34.8 Å². The van der Waals surface area contributed by atoms with Gasteiger partial charge in [-0.1, -0.05) is 12.1 Å². The zero-order valence-electron chi connectivity index (χ0n) is 17.0. The second kappa shape index (κ2) is 10.2. The number of anilines is 1. The van der Waals surface area contributed by atoms with Crippen LogP contribution in [0.5, 0.6) is 5.75 Å². The van der Waals surface area contributed by atoms with Crippen LogP contribution in [0.25, 0.3) is 0 Å². The first-order valence-corrected chi connectivity index (χ1v) is 10.3. The molecule has 0 N–H and O–H groups in total. The highest BCUT2D eigenvalue weighted by atomic mass is 32.1. The fraction of sp³-hybridized carbons (Fsp3) is 0.167. The number of nitrogens with zero attached hydrogens (tertiary/aromatic N) is 1. The molecule has 0 spiro atoms. The first-order chi connectivity index (χ1) is 15.0. The van der Waals surface area contributed by atoms with Gasteiger partial charge in [0.2, 0.25) is 5.91 Å². The maximum absolute atomic E-state index is 13.4. The first-order valence-electron chi connectivity index (χ1n) is 9.82. The Hall–Kier alpha value is -2.76. The number of rotatable bonds is 7. The van der Waals surface area contributed by atoms with Gasteiger partial charge in [0.15, 0.2) is 5.78 Å². The van der Waals surface area contributed by atoms with Crippen LogP contribution < -0.4 is 9.42 Å². The molecule has 0 saturated carbocycles. The third-order valence-corrected chi connectivity index (χ3v) is 5.80. The SMILES string of the molecule is O=C(CC[C@H]1C(=O)N(c2ccc(F)cc2)[C@@H]1c1ccc(OP)cc1)c1ccc(F)cc1.S. The molecule has 1 amide bonds. The van der Waals surface area contributed by atoms with Crippen LogP contribution in [-0.2, 0) is 4.79 Å². The van der Waals surface area contributed by atoms with E-state index in [2.05, 4.69) is 9.47 Å². The smallest absolute Gasteiger partial charge is 0.233 e. The molecule has 1 fully saturated rings. The van der Waals surface area contributed by atoms with Crippen molar-refractivity contribution in [2.75, 3.05) is 4.90 Å². The van der Waals surface area contributed by atoms with Crippen LogP contribution in [0.3, 0.4) is 0 Å². The van der Waals surface area contributed by atoms with Gasteiger partial charge in [-0.05, 0) is 72.6 Å². The number of carbonyl (C=O) groups is 2. The average molecular weight is 473 g/mol. The molecule has 3 atom stereocenters. The molecule has 1 aliphatic heterocycles. The number of hydrogen-bond donors (Lipinski definition) is 0. The predicted octanol–water partition coefficient (Wildman–Crippen LogP) is 5.61. The van der Waals surface area contributed by atoms with Crippen molar-refractivity contribution in [3.63, 3.8) is 0 Å². The Labute approximate surface area is 194 Å². The predicted molar refractivity (Wildman–Crippen MR) is 127 cm³/mol. The molecule has 0 radical (unpaired) electrons. The summed E-state index contributed by atoms with van der Waals surface area (Å²) in [5, 5.41) is 0. The van der Waals surface area contributed by atoms with Crippen molar-refractivity contribution >= 4 is 40.3 Å². The number of halogens is 2. The Kier molecular flexibility index (Phi) is 7.64. The third kappa shape index (κ3) is 4.84. The van der Waals surface area contributed by atoms with Crippen molar-refractivity contribution in [2.45, 2.75) is 18.9 Å². The van der Waals surface area contributed by atoms with E-state index in [-0.39, 0.29) is 43.5 Å². The third-order valence-electron chi connectivity index (χ3n) is 5.53. The van der Waals surface area contributed by atoms with Crippen molar-refractivity contribution < 1.29 is 22.9 Å². The molecule has 1 saturated heterocycles. The fourth-order valence-electron chi connectivity index (χ4n) is 3.91. The summed E-state index contributed by atoms with van der Waals surface area (Å²) >= 11 is 0. The van der Waals surface area contributed by atoms with Gasteiger partial charge in [0, 0.05) is 17.7 Å². The highest BCUT2D eigenvalue weighted by Crippen LogP contribution is 2.46. The maximum Gasteiger partial charge on any atom is 0.233 e. The lowest BCUT2D eigenvalue weighted by Crippen LogP contribution is -2.55. The van der Waals surface area contributed by atoms with Crippen molar-refractivity contribution in [1.29, 1.82) is 0 Å². The Morgan fingerprint density at radius 1 is 0.906 bits per heavy atom. The van der Waals surface area contributed by atoms with Crippen molar-refractivity contribution in [2.24, 2.45) is 5.92 Å². The van der Waals surface area contributed by atoms with E-state index in [9.17, 15) is 18.4 Å². The fourth-order valence-corrected chi connectivity index (χ4v) is 4.07. The zero-order valence-corrected chi connectivity index (χ0v) is 19.2. The number of carbonyl (C=O) groups excluding carboxylic acids is 2. The van der Waals surface area contributed by atoms with Gasteiger partial charge < -0.3 is 9.42 Å². The molecule has 1 unspecified atom stereocenters. The quantitative estimate of drug-likeness (QED) is 0.255. The van der Waals surface area contributed by atoms with E-state index in [1.54, 1.807) is 29.2 Å². The largest absolute Gasteiger partial charge is 0.480 e. The number of Topliss-reactive ketones (excluding diaryl/α,β-unsaturated/α-hetero) is 1. The van der Waals surface area contributed by atoms with Crippen molar-refractivity contribution in [1.82, 2.24) is 0 Å². The molecule has 4 nitrogen and oxygen atoms in total. The Morgan fingerprint density at radius 2 is 1.47 bits per heavy atom. The molecular formula is C24H22F2NO3PS. The first kappa shape index (κ1) is 23.9. The normalized spacial score (nSPS) is 17.3. The number of hydrogen-bond acceptors (Lipinski definition) is 3. The summed E-state index contributed by atoms with van der Waals surface area (Å²) in [5.74, 6) is -0.767. The number of amides is 1. The summed E-state index contributed by atoms with van der Waals surface area (Å²) in [6.07, 6.45) is 0.530. The lowest BCUT2D eigenvalue weighted by Gasteiger charge is -2.47. The van der Waals surface area contributed by atoms with Gasteiger partial charge >= 0.3 is 0 Å². The summed E-state index contributed by atoms with van der Waals surface area (Å²) in [7, 11) is 2.18. The van der Waals surface area contributed by atoms with Gasteiger partial charge in [-0.15, -0.1) is 0 Å². The van der Waals surface area contributed by atoms with Crippen LogP contribution in [0.2, 0.25) is 0 Å². The highest BCUT2D eigenvalue weighted by molar-refractivity contribution is 7.59. The summed E-state index contributed by atoms with van der Waals surface area (Å²) in [6.45, 7) is 0. The molecule has 0 aromatic heterocycles. The highest BCUT2D eigenvalue weighted by Gasteiger charge is 2.48. The van der Waals surface area contributed by atoms with E-state index in [0.29, 0.717) is 23.4 Å². The summed E-state index contributed by atoms with van der Waals surface area (Å²) in [6, 6.07) is 18.2. The van der Waals surface area contributed by atoms with Crippen molar-refractivity contribution in [3.05, 3.63) is 95.6 Å². The minimum atomic E-state index is -0.404. The van der Waals surface area contributed by atoms with Crippen LogP contribution >= 0.6 is 23.0 Å². The van der Waals surface area contributed by atoms with Crippen molar-refractivity contribution in [3.8, 4) is 5.75 Å². The summed E-state index contributed by atoms with van der Waals surface area (Å²) < 4.78 is 31.6. The van der Waals surface area contributed by atoms with Crippen LogP contribution in [-0.4, -0.2) is 11.7 Å². The molecule has 8 heteroatoms. The molecule has 166 valence electrons. The second-order valence-electron chi connectivity index (χ2n) is 7.39. The molecule has 1 aliphatic rings. The molecule has 0 bridgehead atoms. The molecule has 3 aromatic carbocycles. The van der Waals surface area contributed by atoms with Gasteiger partial charge in [0.1, 0.15) is 17.4 Å². The van der Waals surface area contributed by atoms with Crippen LogP contribution in [0.4, 0.5) is 14.5 Å². The van der Waals surface area contributed by atoms with Crippen LogP contribution in [0, 0.1) is 17.6 Å². The summed E-state index contributed by atoms with van der Waals surface area (Å²) in [5.41, 5.74) is 1.92. The number of ketones is 1. The Balaban J connectivity index is 0.00000289. The standard InChI is InChI=1S/C24H20F2NO3P.H2S/c25-17-5-1-15(2-6-17)22(28)14-13-21-23(16-3-11-20(30-31)12-4-16)27(24(21)29)19-9-7-18(26)8-10-19;/h1-12,21,23H,13-14,31H2;1H2/t21-,23-;/m1./s1. The zero-order chi connectivity index (χ0) is 22.0. The lowest BCUT2D eigenvalue weighted by atomic mass is 9.78. The van der Waals surface area contributed by atoms with E-state index >= 15 is 0 Å². The minimum absolute atomic E-state index is 0. The second-order valence-corrected chi connectivity index (χ2v) is 7.63. The Morgan fingerprint density at radius 3 is 2.03 bits per heavy atom. The molecule has 4 rings (SSSR count). The van der Waals surface area contributed by atoms with Gasteiger partial charge in [-0.2, -0.15) is 13.5 Å². The lowest BCUT2D eigenvalue weighted by molar-refractivity contribution is -0.130. The van der Waals surface area contributed by atoms with E-state index in [1.165, 1.54) is 36.4 Å². The van der Waals surface area contributed by atoms with E-state index in [1.807, 2.05) is 12.1 Å². The molecule has 0 aliphatic carbocycles. The van der Waals surface area contributed by atoms with Crippen LogP contribution in [0.15, 0.2) is 72.8 Å². The molecule has 3 aromatic rings. The topological polar surface area (TPSA) is 46.6 Å². The van der Waals surface area contributed by atoms with E-state index in [0.717, 1.165) is 5.56 Å². The van der Waals surface area contributed by atoms with E-state index in [4.69, 9.17) is 4.52 Å². The van der Waals surface area contributed by atoms with Gasteiger partial charge in [-0.25, -0.2) is 8.78 Å². The van der Waals surface area contributed by atoms with E-state index < -0.39 is 11.7 Å².